The Morgan fingerprint density at radius 1 is 1.37 bits per heavy atom. The fourth-order valence-electron chi connectivity index (χ4n) is 3.35. The smallest absolute Gasteiger partial charge is 0.407 e. The molecule has 0 spiro atoms. The van der Waals surface area contributed by atoms with E-state index in [1.165, 1.54) is 0 Å². The molecule has 0 saturated carbocycles. The summed E-state index contributed by atoms with van der Waals surface area (Å²) in [4.78, 5) is 31.1. The molecule has 27 heavy (non-hydrogen) atoms. The van der Waals surface area contributed by atoms with E-state index in [1.807, 2.05) is 49.4 Å². The van der Waals surface area contributed by atoms with Gasteiger partial charge in [-0.25, -0.2) is 9.78 Å². The molecule has 1 aliphatic heterocycles. The number of fused-ring (bicyclic) bond motifs is 3. The number of hydrogen-bond donors (Lipinski definition) is 1. The summed E-state index contributed by atoms with van der Waals surface area (Å²) in [6.07, 6.45) is 1.04. The highest BCUT2D eigenvalue weighted by Gasteiger charge is 2.30. The maximum atomic E-state index is 13.0. The van der Waals surface area contributed by atoms with Gasteiger partial charge in [0.2, 0.25) is 0 Å². The van der Waals surface area contributed by atoms with Crippen LogP contribution in [0.15, 0.2) is 16.7 Å². The summed E-state index contributed by atoms with van der Waals surface area (Å²) in [5, 5.41) is 3.62. The highest BCUT2D eigenvalue weighted by atomic mass is 79.9. The van der Waals surface area contributed by atoms with Crippen LogP contribution in [0.1, 0.15) is 43.2 Å². The number of halogens is 1. The molecule has 8 heteroatoms. The van der Waals surface area contributed by atoms with Gasteiger partial charge in [-0.3, -0.25) is 4.79 Å². The number of ether oxygens (including phenoxy) is 1. The summed E-state index contributed by atoms with van der Waals surface area (Å²) in [5.41, 5.74) is 2.08. The van der Waals surface area contributed by atoms with Gasteiger partial charge in [0.1, 0.15) is 15.9 Å². The minimum absolute atomic E-state index is 0.0308. The molecule has 0 aromatic carbocycles. The van der Waals surface area contributed by atoms with Crippen LogP contribution in [0.25, 0.3) is 11.0 Å². The van der Waals surface area contributed by atoms with Crippen LogP contribution in [0.3, 0.4) is 0 Å². The second-order valence-corrected chi connectivity index (χ2v) is 8.52. The van der Waals surface area contributed by atoms with Crippen LogP contribution in [-0.4, -0.2) is 51.7 Å². The number of aryl methyl sites for hydroxylation is 1. The van der Waals surface area contributed by atoms with Gasteiger partial charge in [0.15, 0.2) is 0 Å². The van der Waals surface area contributed by atoms with Crippen molar-refractivity contribution in [3.05, 3.63) is 28.0 Å². The molecule has 3 heterocycles. The van der Waals surface area contributed by atoms with Gasteiger partial charge in [0, 0.05) is 44.2 Å². The Labute approximate surface area is 167 Å². The Balaban J connectivity index is 1.63. The standard InChI is InChI=1S/C19H25BrN4O3/c1-19(2,3)27-18(26)21-9-5-10-24-11-8-13-15(17(24)25)12-6-7-14(20)22-16(12)23(13)4/h6-7H,5,8-11H2,1-4H3,(H,21,26). The lowest BCUT2D eigenvalue weighted by molar-refractivity contribution is 0.0525. The summed E-state index contributed by atoms with van der Waals surface area (Å²) in [6, 6.07) is 3.80. The molecule has 146 valence electrons. The van der Waals surface area contributed by atoms with E-state index in [-0.39, 0.29) is 5.91 Å². The van der Waals surface area contributed by atoms with Crippen LogP contribution in [0, 0.1) is 0 Å². The number of rotatable bonds is 4. The van der Waals surface area contributed by atoms with E-state index in [9.17, 15) is 9.59 Å². The lowest BCUT2D eigenvalue weighted by Gasteiger charge is -2.27. The molecule has 1 aliphatic rings. The van der Waals surface area contributed by atoms with Gasteiger partial charge < -0.3 is 19.5 Å². The quantitative estimate of drug-likeness (QED) is 0.589. The largest absolute Gasteiger partial charge is 0.444 e. The number of hydrogen-bond acceptors (Lipinski definition) is 4. The van der Waals surface area contributed by atoms with E-state index in [0.717, 1.165) is 33.3 Å². The van der Waals surface area contributed by atoms with Gasteiger partial charge in [-0.15, -0.1) is 0 Å². The van der Waals surface area contributed by atoms with Gasteiger partial charge in [0.05, 0.1) is 5.56 Å². The minimum Gasteiger partial charge on any atom is -0.444 e. The van der Waals surface area contributed by atoms with Crippen LogP contribution >= 0.6 is 15.9 Å². The van der Waals surface area contributed by atoms with Crippen molar-refractivity contribution in [1.29, 1.82) is 0 Å². The average molecular weight is 437 g/mol. The summed E-state index contributed by atoms with van der Waals surface area (Å²) in [5.74, 6) is 0.0308. The third kappa shape index (κ3) is 4.26. The van der Waals surface area contributed by atoms with Crippen molar-refractivity contribution in [1.82, 2.24) is 19.8 Å². The Bertz CT molecular complexity index is 885. The third-order valence-electron chi connectivity index (χ3n) is 4.51. The zero-order valence-corrected chi connectivity index (χ0v) is 17.7. The Morgan fingerprint density at radius 2 is 2.11 bits per heavy atom. The van der Waals surface area contributed by atoms with Crippen LogP contribution in [-0.2, 0) is 18.2 Å². The number of nitrogens with one attached hydrogen (secondary N) is 1. The predicted octanol–water partition coefficient (Wildman–Crippen LogP) is 3.25. The Hall–Kier alpha value is -2.09. The first kappa shape index (κ1) is 19.7. The summed E-state index contributed by atoms with van der Waals surface area (Å²) in [6.45, 7) is 7.21. The molecule has 0 bridgehead atoms. The maximum absolute atomic E-state index is 13.0. The maximum Gasteiger partial charge on any atom is 0.407 e. The van der Waals surface area contributed by atoms with E-state index in [0.29, 0.717) is 26.1 Å². The summed E-state index contributed by atoms with van der Waals surface area (Å²) >= 11 is 3.39. The zero-order valence-electron chi connectivity index (χ0n) is 16.1. The molecule has 2 aromatic rings. The van der Waals surface area contributed by atoms with E-state index >= 15 is 0 Å². The fourth-order valence-corrected chi connectivity index (χ4v) is 3.65. The fraction of sp³-hybridized carbons (Fsp3) is 0.526. The molecule has 0 radical (unpaired) electrons. The molecule has 3 rings (SSSR count). The summed E-state index contributed by atoms with van der Waals surface area (Å²) in [7, 11) is 1.95. The first-order chi connectivity index (χ1) is 12.7. The van der Waals surface area contributed by atoms with Crippen LogP contribution < -0.4 is 5.32 Å². The van der Waals surface area contributed by atoms with Crippen molar-refractivity contribution in [2.75, 3.05) is 19.6 Å². The molecule has 0 unspecified atom stereocenters. The SMILES string of the molecule is Cn1c2c(c3ccc(Br)nc31)C(=O)N(CCCNC(=O)OC(C)(C)C)CC2. The third-order valence-corrected chi connectivity index (χ3v) is 4.96. The highest BCUT2D eigenvalue weighted by Crippen LogP contribution is 2.30. The van der Waals surface area contributed by atoms with Crippen LogP contribution in [0.5, 0.6) is 0 Å². The Morgan fingerprint density at radius 3 is 2.81 bits per heavy atom. The van der Waals surface area contributed by atoms with E-state index in [2.05, 4.69) is 26.2 Å². The number of aromatic nitrogens is 2. The van der Waals surface area contributed by atoms with Gasteiger partial charge >= 0.3 is 6.09 Å². The van der Waals surface area contributed by atoms with Gasteiger partial charge in [-0.05, 0) is 55.3 Å². The lowest BCUT2D eigenvalue weighted by Crippen LogP contribution is -2.40. The first-order valence-electron chi connectivity index (χ1n) is 9.07. The van der Waals surface area contributed by atoms with Crippen molar-refractivity contribution in [2.45, 2.75) is 39.2 Å². The number of carbonyl (C=O) groups excluding carboxylic acids is 2. The number of alkyl carbamates (subject to hydrolysis) is 1. The molecule has 0 aliphatic carbocycles. The van der Waals surface area contributed by atoms with Gasteiger partial charge in [-0.1, -0.05) is 0 Å². The number of pyridine rings is 1. The van der Waals surface area contributed by atoms with Crippen LogP contribution in [0.2, 0.25) is 0 Å². The van der Waals surface area contributed by atoms with Gasteiger partial charge in [0.25, 0.3) is 5.91 Å². The van der Waals surface area contributed by atoms with Gasteiger partial charge in [-0.2, -0.15) is 0 Å². The monoisotopic (exact) mass is 436 g/mol. The molecule has 2 amide bonds. The van der Waals surface area contributed by atoms with E-state index in [1.54, 1.807) is 0 Å². The molecule has 1 N–H and O–H groups in total. The molecule has 7 nitrogen and oxygen atoms in total. The molecular weight excluding hydrogens is 412 g/mol. The second kappa shape index (κ2) is 7.50. The molecule has 0 fully saturated rings. The van der Waals surface area contributed by atoms with Crippen molar-refractivity contribution < 1.29 is 14.3 Å². The van der Waals surface area contributed by atoms with Crippen molar-refractivity contribution in [3.63, 3.8) is 0 Å². The van der Waals surface area contributed by atoms with E-state index in [4.69, 9.17) is 4.74 Å². The normalized spacial score (nSPS) is 14.4. The second-order valence-electron chi connectivity index (χ2n) is 7.71. The topological polar surface area (TPSA) is 76.5 Å². The van der Waals surface area contributed by atoms with Crippen molar-refractivity contribution >= 4 is 39.0 Å². The molecule has 0 atom stereocenters. The Kier molecular flexibility index (Phi) is 5.46. The predicted molar refractivity (Wildman–Crippen MR) is 107 cm³/mol. The minimum atomic E-state index is -0.513. The average Bonchev–Trinajstić information content (AvgIpc) is 2.85. The number of amides is 2. The molecule has 0 saturated heterocycles. The highest BCUT2D eigenvalue weighted by molar-refractivity contribution is 9.10. The molecular formula is C19H25BrN4O3. The van der Waals surface area contributed by atoms with E-state index < -0.39 is 11.7 Å². The first-order valence-corrected chi connectivity index (χ1v) is 9.86. The number of carbonyl (C=O) groups is 2. The lowest BCUT2D eigenvalue weighted by atomic mass is 10.0. The van der Waals surface area contributed by atoms with Crippen molar-refractivity contribution in [2.24, 2.45) is 7.05 Å². The van der Waals surface area contributed by atoms with Crippen LogP contribution in [0.4, 0.5) is 4.79 Å². The zero-order chi connectivity index (χ0) is 19.8. The molecule has 2 aromatic heterocycles. The van der Waals surface area contributed by atoms with Crippen molar-refractivity contribution in [3.8, 4) is 0 Å². The number of nitrogens with zero attached hydrogens (tertiary/aromatic N) is 3. The summed E-state index contributed by atoms with van der Waals surface area (Å²) < 4.78 is 7.98.